The van der Waals surface area contributed by atoms with Crippen LogP contribution in [0.4, 0.5) is 4.39 Å². The fourth-order valence-electron chi connectivity index (χ4n) is 2.88. The summed E-state index contributed by atoms with van der Waals surface area (Å²) in [7, 11) is -7.17. The number of sulfonamides is 1. The summed E-state index contributed by atoms with van der Waals surface area (Å²) >= 11 is 1.21. The fraction of sp³-hybridized carbons (Fsp3) is 0.375. The van der Waals surface area contributed by atoms with Crippen LogP contribution in [0.25, 0.3) is 0 Å². The van der Waals surface area contributed by atoms with E-state index in [0.29, 0.717) is 0 Å². The van der Waals surface area contributed by atoms with Crippen LogP contribution >= 0.6 is 11.3 Å². The van der Waals surface area contributed by atoms with E-state index < -0.39 is 30.9 Å². The number of aryl methyl sites for hydroxylation is 1. The van der Waals surface area contributed by atoms with Crippen molar-refractivity contribution < 1.29 is 21.2 Å². The van der Waals surface area contributed by atoms with Crippen molar-refractivity contribution in [3.63, 3.8) is 0 Å². The molecule has 3 rings (SSSR count). The smallest absolute Gasteiger partial charge is 0.223 e. The van der Waals surface area contributed by atoms with Crippen molar-refractivity contribution in [3.8, 4) is 0 Å². The summed E-state index contributed by atoms with van der Waals surface area (Å²) in [5.74, 6) is -0.494. The van der Waals surface area contributed by atoms with Crippen LogP contribution in [0.1, 0.15) is 17.7 Å². The molecule has 0 spiro atoms. The predicted molar refractivity (Wildman–Crippen MR) is 94.4 cm³/mol. The van der Waals surface area contributed by atoms with Crippen molar-refractivity contribution >= 4 is 31.2 Å². The van der Waals surface area contributed by atoms with E-state index in [9.17, 15) is 21.2 Å². The van der Waals surface area contributed by atoms with E-state index in [4.69, 9.17) is 0 Å². The molecule has 0 bridgehead atoms. The Morgan fingerprint density at radius 2 is 1.60 bits per heavy atom. The lowest BCUT2D eigenvalue weighted by Gasteiger charge is -2.30. The van der Waals surface area contributed by atoms with Gasteiger partial charge in [0, 0.05) is 18.0 Å². The molecule has 1 fully saturated rings. The Labute approximate surface area is 151 Å². The van der Waals surface area contributed by atoms with Crippen LogP contribution < -0.4 is 0 Å². The number of benzene rings is 1. The molecule has 0 amide bonds. The Morgan fingerprint density at radius 1 is 1.00 bits per heavy atom. The van der Waals surface area contributed by atoms with Gasteiger partial charge >= 0.3 is 0 Å². The lowest BCUT2D eigenvalue weighted by Crippen LogP contribution is -2.42. The minimum atomic E-state index is -3.59. The van der Waals surface area contributed by atoms with Crippen molar-refractivity contribution in [3.05, 3.63) is 47.1 Å². The number of hydrogen-bond donors (Lipinski definition) is 0. The zero-order valence-corrected chi connectivity index (χ0v) is 16.0. The molecule has 1 aliphatic heterocycles. The van der Waals surface area contributed by atoms with Crippen LogP contribution in [-0.4, -0.2) is 39.5 Å². The number of thiophene rings is 1. The maximum Gasteiger partial charge on any atom is 0.252 e. The van der Waals surface area contributed by atoms with Crippen LogP contribution in [0.15, 0.2) is 45.5 Å². The van der Waals surface area contributed by atoms with Gasteiger partial charge < -0.3 is 0 Å². The third kappa shape index (κ3) is 3.64. The molecule has 136 valence electrons. The second-order valence-corrected chi connectivity index (χ2v) is 11.6. The third-order valence-corrected chi connectivity index (χ3v) is 9.94. The molecule has 0 saturated carbocycles. The molecule has 25 heavy (non-hydrogen) atoms. The standard InChI is InChI=1S/C16H18FNO4S3/c1-12-2-7-16(23-12)25(21,22)18-10-8-15(9-11-18)24(19,20)14-5-3-13(17)4-6-14/h2-7,15H,8-11H2,1H3. The molecule has 1 aromatic heterocycles. The first-order valence-corrected chi connectivity index (χ1v) is 11.6. The first-order valence-electron chi connectivity index (χ1n) is 7.77. The minimum Gasteiger partial charge on any atom is -0.223 e. The highest BCUT2D eigenvalue weighted by molar-refractivity contribution is 7.92. The lowest BCUT2D eigenvalue weighted by molar-refractivity contribution is 0.346. The first-order chi connectivity index (χ1) is 11.7. The van der Waals surface area contributed by atoms with Gasteiger partial charge in [0.05, 0.1) is 10.1 Å². The largest absolute Gasteiger partial charge is 0.252 e. The molecule has 1 aliphatic rings. The molecule has 0 aliphatic carbocycles. The van der Waals surface area contributed by atoms with E-state index in [2.05, 4.69) is 0 Å². The fourth-order valence-corrected chi connectivity index (χ4v) is 7.52. The van der Waals surface area contributed by atoms with Crippen LogP contribution in [-0.2, 0) is 19.9 Å². The van der Waals surface area contributed by atoms with Crippen LogP contribution in [0.3, 0.4) is 0 Å². The highest BCUT2D eigenvalue weighted by Gasteiger charge is 2.36. The number of rotatable bonds is 4. The van der Waals surface area contributed by atoms with Crippen LogP contribution in [0.5, 0.6) is 0 Å². The second-order valence-electron chi connectivity index (χ2n) is 5.97. The molecule has 0 atom stereocenters. The van der Waals surface area contributed by atoms with Gasteiger partial charge in [-0.25, -0.2) is 21.2 Å². The summed E-state index contributed by atoms with van der Waals surface area (Å²) in [6.45, 7) is 2.15. The molecule has 9 heteroatoms. The average molecular weight is 404 g/mol. The van der Waals surface area contributed by atoms with Crippen molar-refractivity contribution in [2.24, 2.45) is 0 Å². The normalized spacial score (nSPS) is 17.7. The molecule has 0 N–H and O–H groups in total. The van der Waals surface area contributed by atoms with E-state index in [-0.39, 0.29) is 35.0 Å². The first kappa shape index (κ1) is 18.5. The highest BCUT2D eigenvalue weighted by atomic mass is 32.2. The molecular weight excluding hydrogens is 385 g/mol. The van der Waals surface area contributed by atoms with E-state index in [1.54, 1.807) is 12.1 Å². The van der Waals surface area contributed by atoms with Crippen LogP contribution in [0, 0.1) is 12.7 Å². The quantitative estimate of drug-likeness (QED) is 0.736. The summed E-state index contributed by atoms with van der Waals surface area (Å²) in [6.07, 6.45) is 0.451. The van der Waals surface area contributed by atoms with Gasteiger partial charge in [-0.2, -0.15) is 4.31 Å². The summed E-state index contributed by atoms with van der Waals surface area (Å²) in [5, 5.41) is -0.658. The van der Waals surface area contributed by atoms with Gasteiger partial charge in [0.15, 0.2) is 9.84 Å². The SMILES string of the molecule is Cc1ccc(S(=O)(=O)N2CCC(S(=O)(=O)c3ccc(F)cc3)CC2)s1. The molecule has 2 heterocycles. The van der Waals surface area contributed by atoms with Gasteiger partial charge in [0.25, 0.3) is 10.0 Å². The number of halogens is 1. The number of nitrogens with zero attached hydrogens (tertiary/aromatic N) is 1. The molecule has 5 nitrogen and oxygen atoms in total. The van der Waals surface area contributed by atoms with Crippen molar-refractivity contribution in [2.45, 2.75) is 34.1 Å². The Kier molecular flexibility index (Phi) is 5.02. The van der Waals surface area contributed by atoms with Gasteiger partial charge in [0.1, 0.15) is 10.0 Å². The topological polar surface area (TPSA) is 71.5 Å². The zero-order chi connectivity index (χ0) is 18.2. The lowest BCUT2D eigenvalue weighted by atomic mass is 10.2. The van der Waals surface area contributed by atoms with E-state index >= 15 is 0 Å². The Balaban J connectivity index is 1.74. The summed E-state index contributed by atoms with van der Waals surface area (Å²) < 4.78 is 65.1. The summed E-state index contributed by atoms with van der Waals surface area (Å²) in [6, 6.07) is 8.07. The summed E-state index contributed by atoms with van der Waals surface area (Å²) in [4.78, 5) is 0.983. The number of sulfone groups is 1. The average Bonchev–Trinajstić information content (AvgIpc) is 3.03. The van der Waals surface area contributed by atoms with Gasteiger partial charge in [0.2, 0.25) is 0 Å². The second kappa shape index (κ2) is 6.79. The molecule has 2 aromatic rings. The zero-order valence-electron chi connectivity index (χ0n) is 13.6. The van der Waals surface area contributed by atoms with Crippen LogP contribution in [0.2, 0.25) is 0 Å². The number of piperidine rings is 1. The predicted octanol–water partition coefficient (Wildman–Crippen LogP) is 2.82. The minimum absolute atomic E-state index is 0.0732. The third-order valence-electron chi connectivity index (χ3n) is 4.29. The van der Waals surface area contributed by atoms with Gasteiger partial charge in [-0.1, -0.05) is 0 Å². The molecule has 1 saturated heterocycles. The van der Waals surface area contributed by atoms with Crippen molar-refractivity contribution in [1.82, 2.24) is 4.31 Å². The molecule has 1 aromatic carbocycles. The van der Waals surface area contributed by atoms with E-state index in [1.807, 2.05) is 6.92 Å². The Hall–Kier alpha value is -1.29. The monoisotopic (exact) mass is 403 g/mol. The maximum atomic E-state index is 13.0. The highest BCUT2D eigenvalue weighted by Crippen LogP contribution is 2.30. The Morgan fingerprint density at radius 3 is 2.12 bits per heavy atom. The van der Waals surface area contributed by atoms with Gasteiger partial charge in [-0.3, -0.25) is 0 Å². The molecule has 0 unspecified atom stereocenters. The van der Waals surface area contributed by atoms with Gasteiger partial charge in [-0.15, -0.1) is 11.3 Å². The van der Waals surface area contributed by atoms with E-state index in [1.165, 1.54) is 27.8 Å². The van der Waals surface area contributed by atoms with Crippen molar-refractivity contribution in [2.75, 3.05) is 13.1 Å². The number of hydrogen-bond acceptors (Lipinski definition) is 5. The van der Waals surface area contributed by atoms with E-state index in [0.717, 1.165) is 17.0 Å². The van der Waals surface area contributed by atoms with Crippen molar-refractivity contribution in [1.29, 1.82) is 0 Å². The van der Waals surface area contributed by atoms with Gasteiger partial charge in [-0.05, 0) is 56.2 Å². The molecule has 0 radical (unpaired) electrons. The maximum absolute atomic E-state index is 13.0. The summed E-state index contributed by atoms with van der Waals surface area (Å²) in [5.41, 5.74) is 0. The Bertz CT molecular complexity index is 957. The molecular formula is C16H18FNO4S3.